The summed E-state index contributed by atoms with van der Waals surface area (Å²) in [5.74, 6) is -0.929. The summed E-state index contributed by atoms with van der Waals surface area (Å²) in [7, 11) is 0. The maximum atomic E-state index is 13.2. The molecule has 0 radical (unpaired) electrons. The van der Waals surface area contributed by atoms with E-state index < -0.39 is 12.0 Å². The van der Waals surface area contributed by atoms with Crippen molar-refractivity contribution >= 4 is 5.97 Å². The van der Waals surface area contributed by atoms with Crippen molar-refractivity contribution in [3.05, 3.63) is 23.6 Å². The number of carbonyl (C=O) groups is 1. The molecule has 2 atom stereocenters. The fourth-order valence-electron chi connectivity index (χ4n) is 2.42. The number of allylic oxidation sites excluding steroid dienone is 3. The quantitative estimate of drug-likeness (QED) is 0.755. The number of halogens is 1. The standard InChI is InChI=1S/C12H16FNO2/c1-12(6-10(11(15)16)14-7-12)8-3-2-4-9(13)5-8/h3,5,10,14H,2,4,6-7H2,1H3,(H,15,16)/t10-,12-/m0/s1. The second kappa shape index (κ2) is 4.01. The van der Waals surface area contributed by atoms with E-state index in [2.05, 4.69) is 5.32 Å². The number of hydrogen-bond donors (Lipinski definition) is 2. The Morgan fingerprint density at radius 1 is 1.69 bits per heavy atom. The maximum Gasteiger partial charge on any atom is 0.320 e. The monoisotopic (exact) mass is 225 g/mol. The van der Waals surface area contributed by atoms with Crippen molar-refractivity contribution in [1.82, 2.24) is 5.32 Å². The van der Waals surface area contributed by atoms with Crippen molar-refractivity contribution in [1.29, 1.82) is 0 Å². The van der Waals surface area contributed by atoms with Gasteiger partial charge in [0.15, 0.2) is 0 Å². The van der Waals surface area contributed by atoms with Crippen LogP contribution in [0.1, 0.15) is 26.2 Å². The van der Waals surface area contributed by atoms with Crippen LogP contribution in [0.5, 0.6) is 0 Å². The molecule has 0 aromatic heterocycles. The Balaban J connectivity index is 2.16. The minimum Gasteiger partial charge on any atom is -0.480 e. The Hall–Kier alpha value is -1.16. The van der Waals surface area contributed by atoms with Crippen LogP contribution in [0, 0.1) is 5.41 Å². The van der Waals surface area contributed by atoms with E-state index in [9.17, 15) is 9.18 Å². The number of carboxylic acids is 1. The van der Waals surface area contributed by atoms with Crippen LogP contribution >= 0.6 is 0 Å². The minimum atomic E-state index is -0.829. The zero-order valence-corrected chi connectivity index (χ0v) is 9.29. The van der Waals surface area contributed by atoms with Gasteiger partial charge in [0, 0.05) is 18.4 Å². The van der Waals surface area contributed by atoms with Gasteiger partial charge in [0.25, 0.3) is 0 Å². The molecule has 4 heteroatoms. The van der Waals surface area contributed by atoms with Gasteiger partial charge < -0.3 is 10.4 Å². The lowest BCUT2D eigenvalue weighted by Crippen LogP contribution is -2.30. The van der Waals surface area contributed by atoms with Gasteiger partial charge >= 0.3 is 5.97 Å². The van der Waals surface area contributed by atoms with Crippen LogP contribution < -0.4 is 5.32 Å². The van der Waals surface area contributed by atoms with Gasteiger partial charge in [0.2, 0.25) is 0 Å². The molecule has 16 heavy (non-hydrogen) atoms. The molecule has 1 fully saturated rings. The summed E-state index contributed by atoms with van der Waals surface area (Å²) in [6, 6.07) is -0.510. The molecule has 2 N–H and O–H groups in total. The van der Waals surface area contributed by atoms with Gasteiger partial charge in [-0.05, 0) is 24.5 Å². The molecule has 88 valence electrons. The lowest BCUT2D eigenvalue weighted by Gasteiger charge is -2.26. The summed E-state index contributed by atoms with van der Waals surface area (Å²) in [5.41, 5.74) is 0.688. The van der Waals surface area contributed by atoms with Crippen LogP contribution in [0.4, 0.5) is 4.39 Å². The normalized spacial score (nSPS) is 34.5. The van der Waals surface area contributed by atoms with E-state index in [1.165, 1.54) is 0 Å². The Morgan fingerprint density at radius 3 is 3.00 bits per heavy atom. The SMILES string of the molecule is C[C@@]1(C2=CCCC(F)=C2)CN[C@H](C(=O)O)C1. The van der Waals surface area contributed by atoms with Gasteiger partial charge in [0.1, 0.15) is 11.9 Å². The van der Waals surface area contributed by atoms with Crippen LogP contribution in [0.2, 0.25) is 0 Å². The van der Waals surface area contributed by atoms with E-state index in [0.717, 1.165) is 5.57 Å². The van der Waals surface area contributed by atoms with Crippen molar-refractivity contribution in [3.8, 4) is 0 Å². The highest BCUT2D eigenvalue weighted by atomic mass is 19.1. The lowest BCUT2D eigenvalue weighted by atomic mass is 9.78. The van der Waals surface area contributed by atoms with E-state index in [-0.39, 0.29) is 11.2 Å². The van der Waals surface area contributed by atoms with Crippen LogP contribution in [-0.2, 0) is 4.79 Å². The molecule has 0 amide bonds. The summed E-state index contributed by atoms with van der Waals surface area (Å²) in [4.78, 5) is 10.9. The molecule has 0 spiro atoms. The number of nitrogens with one attached hydrogen (secondary N) is 1. The molecular formula is C12H16FNO2. The fraction of sp³-hybridized carbons (Fsp3) is 0.583. The van der Waals surface area contributed by atoms with Crippen LogP contribution in [-0.4, -0.2) is 23.7 Å². The van der Waals surface area contributed by atoms with Gasteiger partial charge in [-0.25, -0.2) is 4.39 Å². The van der Waals surface area contributed by atoms with Crippen molar-refractivity contribution in [2.75, 3.05) is 6.54 Å². The number of aliphatic carboxylic acids is 1. The highest BCUT2D eigenvalue weighted by molar-refractivity contribution is 5.74. The summed E-state index contributed by atoms with van der Waals surface area (Å²) < 4.78 is 13.2. The molecule has 3 nitrogen and oxygen atoms in total. The highest BCUT2D eigenvalue weighted by Crippen LogP contribution is 2.39. The predicted octanol–water partition coefficient (Wildman–Crippen LogP) is 2.01. The fourth-order valence-corrected chi connectivity index (χ4v) is 2.42. The first kappa shape index (κ1) is 11.3. The molecule has 0 aromatic rings. The zero-order valence-electron chi connectivity index (χ0n) is 9.29. The van der Waals surface area contributed by atoms with Gasteiger partial charge in [-0.1, -0.05) is 13.0 Å². The van der Waals surface area contributed by atoms with Gasteiger partial charge in [0.05, 0.1) is 0 Å². The Kier molecular flexibility index (Phi) is 2.84. The van der Waals surface area contributed by atoms with Crippen molar-refractivity contribution in [2.24, 2.45) is 5.41 Å². The van der Waals surface area contributed by atoms with Crippen LogP contribution in [0.15, 0.2) is 23.6 Å². The topological polar surface area (TPSA) is 49.3 Å². The maximum absolute atomic E-state index is 13.2. The summed E-state index contributed by atoms with van der Waals surface area (Å²) >= 11 is 0. The van der Waals surface area contributed by atoms with Gasteiger partial charge in [-0.2, -0.15) is 0 Å². The third-order valence-electron chi connectivity index (χ3n) is 3.45. The van der Waals surface area contributed by atoms with E-state index in [0.29, 0.717) is 25.8 Å². The van der Waals surface area contributed by atoms with E-state index in [4.69, 9.17) is 5.11 Å². The molecule has 0 saturated carbocycles. The average molecular weight is 225 g/mol. The Bertz CT molecular complexity index is 375. The Morgan fingerprint density at radius 2 is 2.44 bits per heavy atom. The summed E-state index contributed by atoms with van der Waals surface area (Å²) in [6.45, 7) is 2.59. The average Bonchev–Trinajstić information content (AvgIpc) is 2.63. The predicted molar refractivity (Wildman–Crippen MR) is 58.7 cm³/mol. The lowest BCUT2D eigenvalue weighted by molar-refractivity contribution is -0.139. The van der Waals surface area contributed by atoms with E-state index in [1.807, 2.05) is 13.0 Å². The molecule has 0 bridgehead atoms. The molecule has 0 unspecified atom stereocenters. The van der Waals surface area contributed by atoms with Gasteiger partial charge in [-0.3, -0.25) is 4.79 Å². The summed E-state index contributed by atoms with van der Waals surface area (Å²) in [5, 5.41) is 11.9. The minimum absolute atomic E-state index is 0.0995. The number of carboxylic acid groups (broad SMARTS) is 1. The molecule has 2 aliphatic rings. The number of rotatable bonds is 2. The van der Waals surface area contributed by atoms with Crippen LogP contribution in [0.25, 0.3) is 0 Å². The first-order valence-electron chi connectivity index (χ1n) is 5.54. The molecule has 2 rings (SSSR count). The smallest absolute Gasteiger partial charge is 0.320 e. The third kappa shape index (κ3) is 2.02. The first-order valence-corrected chi connectivity index (χ1v) is 5.54. The van der Waals surface area contributed by atoms with Gasteiger partial charge in [-0.15, -0.1) is 0 Å². The molecule has 0 aromatic carbocycles. The molecule has 1 aliphatic carbocycles. The molecule has 1 aliphatic heterocycles. The van der Waals surface area contributed by atoms with Crippen molar-refractivity contribution in [3.63, 3.8) is 0 Å². The second-order valence-corrected chi connectivity index (χ2v) is 4.83. The number of hydrogen-bond acceptors (Lipinski definition) is 2. The van der Waals surface area contributed by atoms with Crippen molar-refractivity contribution in [2.45, 2.75) is 32.2 Å². The van der Waals surface area contributed by atoms with E-state index in [1.54, 1.807) is 6.08 Å². The zero-order chi connectivity index (χ0) is 11.8. The van der Waals surface area contributed by atoms with Crippen LogP contribution in [0.3, 0.4) is 0 Å². The van der Waals surface area contributed by atoms with Crippen molar-refractivity contribution < 1.29 is 14.3 Å². The van der Waals surface area contributed by atoms with E-state index >= 15 is 0 Å². The molecule has 1 heterocycles. The largest absolute Gasteiger partial charge is 0.480 e. The highest BCUT2D eigenvalue weighted by Gasteiger charge is 2.40. The Labute approximate surface area is 94.0 Å². The first-order chi connectivity index (χ1) is 7.51. The third-order valence-corrected chi connectivity index (χ3v) is 3.45. The molecule has 1 saturated heterocycles. The summed E-state index contributed by atoms with van der Waals surface area (Å²) in [6.07, 6.45) is 5.29. The molecular weight excluding hydrogens is 209 g/mol. The second-order valence-electron chi connectivity index (χ2n) is 4.83.